The second-order valence-corrected chi connectivity index (χ2v) is 9.48. The van der Waals surface area contributed by atoms with Gasteiger partial charge in [-0.05, 0) is 49.3 Å². The Bertz CT molecular complexity index is 984. The third-order valence-electron chi connectivity index (χ3n) is 7.26. The second-order valence-electron chi connectivity index (χ2n) is 9.48. The van der Waals surface area contributed by atoms with Crippen LogP contribution in [-0.4, -0.2) is 53.9 Å². The third kappa shape index (κ3) is 3.40. The smallest absolute Gasteiger partial charge is 0.222 e. The summed E-state index contributed by atoms with van der Waals surface area (Å²) in [4.78, 5) is 22.4. The molecule has 1 aromatic carbocycles. The largest absolute Gasteiger partial charge is 0.342 e. The number of pyridine rings is 1. The van der Waals surface area contributed by atoms with Crippen LogP contribution in [0.4, 0.5) is 0 Å². The van der Waals surface area contributed by atoms with E-state index in [-0.39, 0.29) is 5.92 Å². The molecule has 2 aromatic rings. The summed E-state index contributed by atoms with van der Waals surface area (Å²) >= 11 is 0. The normalized spacial score (nSPS) is 31.5. The highest BCUT2D eigenvalue weighted by atomic mass is 16.2. The van der Waals surface area contributed by atoms with Gasteiger partial charge in [-0.2, -0.15) is 5.26 Å². The van der Waals surface area contributed by atoms with Gasteiger partial charge in [0.15, 0.2) is 0 Å². The maximum absolute atomic E-state index is 13.0. The van der Waals surface area contributed by atoms with E-state index in [0.717, 1.165) is 61.0 Å². The first-order chi connectivity index (χ1) is 14.0. The quantitative estimate of drug-likeness (QED) is 0.810. The lowest BCUT2D eigenvalue weighted by atomic mass is 9.87. The molecule has 29 heavy (non-hydrogen) atoms. The van der Waals surface area contributed by atoms with Crippen molar-refractivity contribution >= 4 is 16.8 Å². The number of likely N-dealkylation sites (tertiary alicyclic amines) is 2. The van der Waals surface area contributed by atoms with Gasteiger partial charge in [0.2, 0.25) is 5.91 Å². The minimum absolute atomic E-state index is 0.240. The van der Waals surface area contributed by atoms with Crippen LogP contribution in [0.25, 0.3) is 10.9 Å². The number of hydrogen-bond donors (Lipinski definition) is 0. The molecular weight excluding hydrogens is 360 g/mol. The number of amides is 1. The van der Waals surface area contributed by atoms with E-state index >= 15 is 0 Å². The van der Waals surface area contributed by atoms with Crippen molar-refractivity contribution in [3.05, 3.63) is 41.6 Å². The van der Waals surface area contributed by atoms with Gasteiger partial charge < -0.3 is 9.80 Å². The number of benzene rings is 1. The zero-order chi connectivity index (χ0) is 20.1. The van der Waals surface area contributed by atoms with E-state index in [1.165, 1.54) is 0 Å². The Labute approximate surface area is 172 Å². The highest BCUT2D eigenvalue weighted by Crippen LogP contribution is 2.53. The Hall–Kier alpha value is -2.45. The molecule has 0 radical (unpaired) electrons. The molecule has 0 bridgehead atoms. The van der Waals surface area contributed by atoms with Crippen LogP contribution in [0.3, 0.4) is 0 Å². The highest BCUT2D eigenvalue weighted by Gasteiger charge is 2.55. The molecule has 3 aliphatic rings. The average Bonchev–Trinajstić information content (AvgIpc) is 3.16. The van der Waals surface area contributed by atoms with Crippen molar-refractivity contribution < 1.29 is 4.79 Å². The summed E-state index contributed by atoms with van der Waals surface area (Å²) in [6.45, 7) is 6.15. The first kappa shape index (κ1) is 18.6. The standard InChI is InChI=1S/C24H28N4O/c1-15-8-18(22-7-6-16-4-3-5-17(10-25)24(16)26-22)12-28(11-15)23(29)9-19-20-13-27(2)14-21(19)20/h3-7,15,18-21H,8-9,11-14H2,1-2H3/t15-,18+,19?,20-,21+/m1/s1. The summed E-state index contributed by atoms with van der Waals surface area (Å²) in [6.07, 6.45) is 1.75. The zero-order valence-corrected chi connectivity index (χ0v) is 17.2. The Morgan fingerprint density at radius 1 is 1.17 bits per heavy atom. The fourth-order valence-corrected chi connectivity index (χ4v) is 5.74. The molecule has 2 saturated heterocycles. The van der Waals surface area contributed by atoms with Crippen LogP contribution < -0.4 is 0 Å². The third-order valence-corrected chi connectivity index (χ3v) is 7.26. The number of nitriles is 1. The van der Waals surface area contributed by atoms with Crippen LogP contribution >= 0.6 is 0 Å². The fourth-order valence-electron chi connectivity index (χ4n) is 5.74. The monoisotopic (exact) mass is 388 g/mol. The van der Waals surface area contributed by atoms with Crippen LogP contribution in [0.15, 0.2) is 30.3 Å². The molecule has 5 atom stereocenters. The molecule has 150 valence electrons. The summed E-state index contributed by atoms with van der Waals surface area (Å²) in [5.41, 5.74) is 2.40. The Kier molecular flexibility index (Phi) is 4.55. The fraction of sp³-hybridized carbons (Fsp3) is 0.542. The number of carbonyl (C=O) groups is 1. The van der Waals surface area contributed by atoms with E-state index in [9.17, 15) is 10.1 Å². The maximum atomic E-state index is 13.0. The minimum Gasteiger partial charge on any atom is -0.342 e. The van der Waals surface area contributed by atoms with Gasteiger partial charge in [-0.1, -0.05) is 25.1 Å². The second kappa shape index (κ2) is 7.11. The van der Waals surface area contributed by atoms with Crippen LogP contribution in [0, 0.1) is 35.0 Å². The lowest BCUT2D eigenvalue weighted by molar-refractivity contribution is -0.133. The zero-order valence-electron chi connectivity index (χ0n) is 17.2. The van der Waals surface area contributed by atoms with Gasteiger partial charge in [-0.25, -0.2) is 0 Å². The molecule has 5 heteroatoms. The van der Waals surface area contributed by atoms with Crippen molar-refractivity contribution in [3.8, 4) is 6.07 Å². The maximum Gasteiger partial charge on any atom is 0.222 e. The van der Waals surface area contributed by atoms with E-state index in [1.54, 1.807) is 0 Å². The minimum atomic E-state index is 0.240. The van der Waals surface area contributed by atoms with Crippen LogP contribution in [0.5, 0.6) is 0 Å². The van der Waals surface area contributed by atoms with Gasteiger partial charge in [0.05, 0.1) is 11.1 Å². The van der Waals surface area contributed by atoms with Crippen molar-refractivity contribution in [2.75, 3.05) is 33.2 Å². The number of para-hydroxylation sites is 1. The van der Waals surface area contributed by atoms with Crippen LogP contribution in [0.1, 0.15) is 36.9 Å². The first-order valence-corrected chi connectivity index (χ1v) is 10.8. The van der Waals surface area contributed by atoms with E-state index in [1.807, 2.05) is 18.2 Å². The Morgan fingerprint density at radius 2 is 1.97 bits per heavy atom. The molecule has 1 amide bonds. The number of hydrogen-bond acceptors (Lipinski definition) is 4. The summed E-state index contributed by atoms with van der Waals surface area (Å²) in [5.74, 6) is 3.12. The first-order valence-electron chi connectivity index (χ1n) is 10.8. The lowest BCUT2D eigenvalue weighted by Crippen LogP contribution is -2.43. The molecule has 1 saturated carbocycles. The molecule has 3 fully saturated rings. The van der Waals surface area contributed by atoms with Gasteiger partial charge in [0.1, 0.15) is 6.07 Å². The molecule has 0 N–H and O–H groups in total. The van der Waals surface area contributed by atoms with Gasteiger partial charge >= 0.3 is 0 Å². The van der Waals surface area contributed by atoms with Crippen molar-refractivity contribution in [2.45, 2.75) is 25.7 Å². The molecule has 5 nitrogen and oxygen atoms in total. The Balaban J connectivity index is 1.32. The predicted octanol–water partition coefficient (Wildman–Crippen LogP) is 3.26. The highest BCUT2D eigenvalue weighted by molar-refractivity contribution is 5.84. The summed E-state index contributed by atoms with van der Waals surface area (Å²) < 4.78 is 0. The summed E-state index contributed by atoms with van der Waals surface area (Å²) in [5, 5.41) is 10.4. The molecule has 0 spiro atoms. The van der Waals surface area contributed by atoms with E-state index < -0.39 is 0 Å². The van der Waals surface area contributed by atoms with Crippen molar-refractivity contribution in [2.24, 2.45) is 23.7 Å². The Morgan fingerprint density at radius 3 is 2.72 bits per heavy atom. The lowest BCUT2D eigenvalue weighted by Gasteiger charge is -2.36. The van der Waals surface area contributed by atoms with Crippen molar-refractivity contribution in [1.29, 1.82) is 5.26 Å². The molecule has 5 rings (SSSR count). The number of fused-ring (bicyclic) bond motifs is 2. The number of nitrogens with zero attached hydrogens (tertiary/aromatic N) is 4. The topological polar surface area (TPSA) is 60.2 Å². The van der Waals surface area contributed by atoms with E-state index in [2.05, 4.69) is 42.0 Å². The molecule has 1 aliphatic carbocycles. The van der Waals surface area contributed by atoms with Crippen molar-refractivity contribution in [1.82, 2.24) is 14.8 Å². The van der Waals surface area contributed by atoms with Gasteiger partial charge in [-0.3, -0.25) is 9.78 Å². The number of carbonyl (C=O) groups excluding carboxylic acids is 1. The van der Waals surface area contributed by atoms with Crippen molar-refractivity contribution in [3.63, 3.8) is 0 Å². The number of rotatable bonds is 3. The van der Waals surface area contributed by atoms with Crippen LogP contribution in [0.2, 0.25) is 0 Å². The molecule has 1 aromatic heterocycles. The van der Waals surface area contributed by atoms with Gasteiger partial charge in [-0.15, -0.1) is 0 Å². The summed E-state index contributed by atoms with van der Waals surface area (Å²) in [7, 11) is 2.18. The summed E-state index contributed by atoms with van der Waals surface area (Å²) in [6, 6.07) is 12.1. The van der Waals surface area contributed by atoms with Crippen LogP contribution in [-0.2, 0) is 4.79 Å². The SMILES string of the molecule is C[C@@H]1C[C@H](c2ccc3cccc(C#N)c3n2)CN(C(=O)CC2[C@H]3CN(C)C[C@@H]23)C1. The van der Waals surface area contributed by atoms with E-state index in [4.69, 9.17) is 4.98 Å². The number of piperidine rings is 2. The molecule has 2 aliphatic heterocycles. The molecular formula is C24H28N4O. The number of aromatic nitrogens is 1. The average molecular weight is 389 g/mol. The van der Waals surface area contributed by atoms with E-state index in [0.29, 0.717) is 29.7 Å². The van der Waals surface area contributed by atoms with Gasteiger partial charge in [0.25, 0.3) is 0 Å². The predicted molar refractivity (Wildman–Crippen MR) is 112 cm³/mol. The molecule has 3 heterocycles. The molecule has 1 unspecified atom stereocenters. The van der Waals surface area contributed by atoms with Gasteiger partial charge in [0, 0.05) is 49.6 Å².